The number of amides is 2. The number of hydrogen-bond acceptors (Lipinski definition) is 4. The third kappa shape index (κ3) is 3.96. The van der Waals surface area contributed by atoms with Gasteiger partial charge in [-0.2, -0.15) is 0 Å². The van der Waals surface area contributed by atoms with Gasteiger partial charge in [-0.1, -0.05) is 41.6 Å². The number of benzene rings is 3. The first-order valence-corrected chi connectivity index (χ1v) is 8.84. The van der Waals surface area contributed by atoms with Crippen molar-refractivity contribution in [1.82, 2.24) is 25.8 Å². The van der Waals surface area contributed by atoms with Gasteiger partial charge in [-0.25, -0.2) is 9.07 Å². The molecule has 0 atom stereocenters. The largest absolute Gasteiger partial charge is 0.272 e. The molecule has 1 heterocycles. The Bertz CT molecular complexity index is 1190. The zero-order valence-electron chi connectivity index (χ0n) is 15.2. The van der Waals surface area contributed by atoms with Crippen molar-refractivity contribution in [3.05, 3.63) is 95.3 Å². The standard InChI is InChI=1S/C21H16FN5O2/c22-17-6-2-1-5-16(17)21(29)25-24-20(28)15-11-9-14(10-12-15)13-27-19-8-4-3-7-18(19)23-26-27/h1-12H,13H2,(H,24,28)(H,25,29). The Morgan fingerprint density at radius 2 is 1.55 bits per heavy atom. The highest BCUT2D eigenvalue weighted by atomic mass is 19.1. The summed E-state index contributed by atoms with van der Waals surface area (Å²) in [5.74, 6) is -1.90. The zero-order chi connectivity index (χ0) is 20.2. The third-order valence-corrected chi connectivity index (χ3v) is 4.38. The molecule has 1 aromatic heterocycles. The highest BCUT2D eigenvalue weighted by molar-refractivity contribution is 5.99. The van der Waals surface area contributed by atoms with E-state index in [4.69, 9.17) is 0 Å². The molecule has 0 saturated heterocycles. The van der Waals surface area contributed by atoms with Crippen molar-refractivity contribution in [1.29, 1.82) is 0 Å². The molecule has 0 radical (unpaired) electrons. The summed E-state index contributed by atoms with van der Waals surface area (Å²) in [4.78, 5) is 24.2. The van der Waals surface area contributed by atoms with Crippen LogP contribution in [-0.2, 0) is 6.54 Å². The molecule has 144 valence electrons. The maximum Gasteiger partial charge on any atom is 0.272 e. The number of aromatic nitrogens is 3. The van der Waals surface area contributed by atoms with Crippen LogP contribution in [0.3, 0.4) is 0 Å². The van der Waals surface area contributed by atoms with Crippen LogP contribution in [0.1, 0.15) is 26.3 Å². The molecule has 0 unspecified atom stereocenters. The molecule has 29 heavy (non-hydrogen) atoms. The predicted molar refractivity (Wildman–Crippen MR) is 104 cm³/mol. The van der Waals surface area contributed by atoms with E-state index in [2.05, 4.69) is 21.2 Å². The van der Waals surface area contributed by atoms with Gasteiger partial charge in [0.25, 0.3) is 11.8 Å². The van der Waals surface area contributed by atoms with E-state index < -0.39 is 17.6 Å². The molecule has 2 N–H and O–H groups in total. The average molecular weight is 389 g/mol. The number of para-hydroxylation sites is 1. The van der Waals surface area contributed by atoms with Crippen LogP contribution < -0.4 is 10.9 Å². The van der Waals surface area contributed by atoms with Crippen LogP contribution >= 0.6 is 0 Å². The summed E-state index contributed by atoms with van der Waals surface area (Å²) in [6, 6.07) is 20.0. The molecule has 0 spiro atoms. The van der Waals surface area contributed by atoms with Gasteiger partial charge in [0.05, 0.1) is 17.6 Å². The fraction of sp³-hybridized carbons (Fsp3) is 0.0476. The van der Waals surface area contributed by atoms with Crippen molar-refractivity contribution in [2.45, 2.75) is 6.54 Å². The first-order chi connectivity index (χ1) is 14.1. The predicted octanol–water partition coefficient (Wildman–Crippen LogP) is 2.69. The van der Waals surface area contributed by atoms with E-state index in [1.165, 1.54) is 24.3 Å². The molecule has 2 amide bonds. The van der Waals surface area contributed by atoms with Crippen molar-refractivity contribution in [3.63, 3.8) is 0 Å². The van der Waals surface area contributed by atoms with Crippen molar-refractivity contribution in [3.8, 4) is 0 Å². The number of hydrogen-bond donors (Lipinski definition) is 2. The van der Waals surface area contributed by atoms with Crippen LogP contribution in [0.5, 0.6) is 0 Å². The quantitative estimate of drug-likeness (QED) is 0.525. The molecule has 0 aliphatic heterocycles. The SMILES string of the molecule is O=C(NNC(=O)c1ccccc1F)c1ccc(Cn2nnc3ccccc32)cc1. The fourth-order valence-electron chi connectivity index (χ4n) is 2.87. The first kappa shape index (κ1) is 18.3. The Kier molecular flexibility index (Phi) is 4.98. The summed E-state index contributed by atoms with van der Waals surface area (Å²) in [6.45, 7) is 0.506. The second kappa shape index (κ2) is 7.89. The Morgan fingerprint density at radius 1 is 0.862 bits per heavy atom. The number of carbonyl (C=O) groups is 2. The van der Waals surface area contributed by atoms with Crippen LogP contribution in [0.2, 0.25) is 0 Å². The number of fused-ring (bicyclic) bond motifs is 1. The molecule has 0 aliphatic rings. The summed E-state index contributed by atoms with van der Waals surface area (Å²) < 4.78 is 15.4. The number of halogens is 1. The lowest BCUT2D eigenvalue weighted by atomic mass is 10.1. The minimum atomic E-state index is -0.730. The van der Waals surface area contributed by atoms with Crippen molar-refractivity contribution < 1.29 is 14.0 Å². The van der Waals surface area contributed by atoms with E-state index in [9.17, 15) is 14.0 Å². The molecule has 0 fully saturated rings. The van der Waals surface area contributed by atoms with Gasteiger partial charge in [-0.3, -0.25) is 20.4 Å². The summed E-state index contributed by atoms with van der Waals surface area (Å²) in [5, 5.41) is 8.26. The van der Waals surface area contributed by atoms with Gasteiger partial charge in [0.1, 0.15) is 11.3 Å². The van der Waals surface area contributed by atoms with E-state index in [0.29, 0.717) is 12.1 Å². The first-order valence-electron chi connectivity index (χ1n) is 8.84. The summed E-state index contributed by atoms with van der Waals surface area (Å²) in [6.07, 6.45) is 0. The normalized spacial score (nSPS) is 10.7. The van der Waals surface area contributed by atoms with Gasteiger partial charge in [0, 0.05) is 5.56 Å². The highest BCUT2D eigenvalue weighted by Gasteiger charge is 2.12. The lowest BCUT2D eigenvalue weighted by Gasteiger charge is -2.09. The molecule has 7 nitrogen and oxygen atoms in total. The molecule has 0 saturated carbocycles. The second-order valence-corrected chi connectivity index (χ2v) is 6.32. The number of carbonyl (C=O) groups excluding carboxylic acids is 2. The smallest absolute Gasteiger partial charge is 0.267 e. The van der Waals surface area contributed by atoms with Crippen LogP contribution in [0, 0.1) is 5.82 Å². The second-order valence-electron chi connectivity index (χ2n) is 6.32. The molecule has 0 bridgehead atoms. The minimum Gasteiger partial charge on any atom is -0.267 e. The highest BCUT2D eigenvalue weighted by Crippen LogP contribution is 2.13. The average Bonchev–Trinajstić information content (AvgIpc) is 3.15. The summed E-state index contributed by atoms with van der Waals surface area (Å²) in [7, 11) is 0. The van der Waals surface area contributed by atoms with Crippen molar-refractivity contribution in [2.24, 2.45) is 0 Å². The van der Waals surface area contributed by atoms with Crippen LogP contribution in [0.25, 0.3) is 11.0 Å². The zero-order valence-corrected chi connectivity index (χ0v) is 15.2. The molecular formula is C21H16FN5O2. The van der Waals surface area contributed by atoms with Gasteiger partial charge in [0.2, 0.25) is 0 Å². The molecule has 0 aliphatic carbocycles. The summed E-state index contributed by atoms with van der Waals surface area (Å²) >= 11 is 0. The van der Waals surface area contributed by atoms with Gasteiger partial charge in [0.15, 0.2) is 0 Å². The van der Waals surface area contributed by atoms with Gasteiger partial charge in [-0.05, 0) is 42.0 Å². The van der Waals surface area contributed by atoms with Gasteiger partial charge < -0.3 is 0 Å². The van der Waals surface area contributed by atoms with Crippen LogP contribution in [-0.4, -0.2) is 26.8 Å². The van der Waals surface area contributed by atoms with Crippen LogP contribution in [0.4, 0.5) is 4.39 Å². The molecule has 3 aromatic carbocycles. The number of nitrogens with one attached hydrogen (secondary N) is 2. The number of rotatable bonds is 4. The van der Waals surface area contributed by atoms with Gasteiger partial charge in [-0.15, -0.1) is 5.10 Å². The molecule has 4 aromatic rings. The van der Waals surface area contributed by atoms with Gasteiger partial charge >= 0.3 is 0 Å². The van der Waals surface area contributed by atoms with E-state index in [1.54, 1.807) is 28.9 Å². The molecular weight excluding hydrogens is 373 g/mol. The number of hydrazine groups is 1. The summed E-state index contributed by atoms with van der Waals surface area (Å²) in [5.41, 5.74) is 7.37. The topological polar surface area (TPSA) is 88.9 Å². The Labute approximate surface area is 165 Å². The molecule has 4 rings (SSSR count). The number of nitrogens with zero attached hydrogens (tertiary/aromatic N) is 3. The maximum atomic E-state index is 13.6. The monoisotopic (exact) mass is 389 g/mol. The Balaban J connectivity index is 1.39. The van der Waals surface area contributed by atoms with E-state index in [-0.39, 0.29) is 5.56 Å². The van der Waals surface area contributed by atoms with Crippen molar-refractivity contribution >= 4 is 22.8 Å². The lowest BCUT2D eigenvalue weighted by Crippen LogP contribution is -2.41. The Morgan fingerprint density at radius 3 is 2.34 bits per heavy atom. The van der Waals surface area contributed by atoms with Crippen LogP contribution in [0.15, 0.2) is 72.8 Å². The van der Waals surface area contributed by atoms with E-state index >= 15 is 0 Å². The molecule has 8 heteroatoms. The lowest BCUT2D eigenvalue weighted by molar-refractivity contribution is 0.0844. The fourth-order valence-corrected chi connectivity index (χ4v) is 2.87. The maximum absolute atomic E-state index is 13.6. The van der Waals surface area contributed by atoms with E-state index in [1.807, 2.05) is 24.3 Å². The van der Waals surface area contributed by atoms with E-state index in [0.717, 1.165) is 16.6 Å². The Hall–Kier alpha value is -4.07. The third-order valence-electron chi connectivity index (χ3n) is 4.38. The van der Waals surface area contributed by atoms with Crippen molar-refractivity contribution in [2.75, 3.05) is 0 Å². The minimum absolute atomic E-state index is 0.150.